The summed E-state index contributed by atoms with van der Waals surface area (Å²) in [5.41, 5.74) is 0.861. The maximum absolute atomic E-state index is 14.0. The number of rotatable bonds is 2. The normalized spacial score (nSPS) is 24.4. The summed E-state index contributed by atoms with van der Waals surface area (Å²) >= 11 is 6.48. The van der Waals surface area contributed by atoms with E-state index in [0.29, 0.717) is 16.3 Å². The van der Waals surface area contributed by atoms with Gasteiger partial charge in [-0.05, 0) is 37.1 Å². The fourth-order valence-electron chi connectivity index (χ4n) is 5.72. The number of carbonyl (C=O) groups excluding carboxylic acids is 4. The van der Waals surface area contributed by atoms with E-state index in [9.17, 15) is 19.2 Å². The molecular formula is C28H20ClNO5. The van der Waals surface area contributed by atoms with Crippen LogP contribution in [0.4, 0.5) is 5.69 Å². The van der Waals surface area contributed by atoms with Crippen LogP contribution in [0.3, 0.4) is 0 Å². The van der Waals surface area contributed by atoms with E-state index in [1.165, 1.54) is 0 Å². The first kappa shape index (κ1) is 21.9. The van der Waals surface area contributed by atoms with Crippen molar-refractivity contribution in [3.8, 4) is 0 Å². The third-order valence-corrected chi connectivity index (χ3v) is 7.89. The summed E-state index contributed by atoms with van der Waals surface area (Å²) in [7, 11) is 0. The average Bonchev–Trinajstić information content (AvgIpc) is 3.41. The van der Waals surface area contributed by atoms with E-state index in [1.807, 2.05) is 19.9 Å². The molecule has 0 saturated carbocycles. The number of amides is 2. The quantitative estimate of drug-likeness (QED) is 0.390. The minimum absolute atomic E-state index is 0.196. The van der Waals surface area contributed by atoms with Crippen LogP contribution in [0.2, 0.25) is 5.02 Å². The zero-order valence-electron chi connectivity index (χ0n) is 18.9. The molecule has 2 amide bonds. The molecule has 6 rings (SSSR count). The van der Waals surface area contributed by atoms with Crippen molar-refractivity contribution in [2.75, 3.05) is 4.90 Å². The van der Waals surface area contributed by atoms with Gasteiger partial charge in [-0.2, -0.15) is 0 Å². The molecule has 2 fully saturated rings. The molecule has 0 unspecified atom stereocenters. The van der Waals surface area contributed by atoms with Crippen LogP contribution in [0.1, 0.15) is 43.5 Å². The molecule has 2 heterocycles. The Labute approximate surface area is 206 Å². The van der Waals surface area contributed by atoms with Gasteiger partial charge >= 0.3 is 0 Å². The van der Waals surface area contributed by atoms with Crippen LogP contribution in [0.25, 0.3) is 0 Å². The van der Waals surface area contributed by atoms with E-state index < -0.39 is 46.9 Å². The number of hydrogen-bond acceptors (Lipinski definition) is 5. The fraction of sp³-hybridized carbons (Fsp3) is 0.214. The molecule has 3 aliphatic rings. The monoisotopic (exact) mass is 485 g/mol. The molecule has 0 N–H and O–H groups in total. The lowest BCUT2D eigenvalue weighted by atomic mass is 9.77. The Kier molecular flexibility index (Phi) is 4.66. The van der Waals surface area contributed by atoms with Crippen molar-refractivity contribution in [1.29, 1.82) is 0 Å². The highest BCUT2D eigenvalue weighted by Gasteiger charge is 2.75. The highest BCUT2D eigenvalue weighted by molar-refractivity contribution is 6.37. The summed E-state index contributed by atoms with van der Waals surface area (Å²) in [4.78, 5) is 56.7. The SMILES string of the molecule is Cc1cccc(N2C(=O)[C@@H]3[C@H](c4ccccc4Cl)OC4(C(=O)c5ccccc5C4=O)[C@H]3C2=O)c1C. The number of aryl methyl sites for hydroxylation is 1. The maximum atomic E-state index is 14.0. The summed E-state index contributed by atoms with van der Waals surface area (Å²) in [5, 5.41) is 0.328. The summed E-state index contributed by atoms with van der Waals surface area (Å²) in [6, 6.07) is 18.6. The van der Waals surface area contributed by atoms with Crippen LogP contribution >= 0.6 is 11.6 Å². The Morgan fingerprint density at radius 2 is 1.43 bits per heavy atom. The molecule has 2 aliphatic heterocycles. The van der Waals surface area contributed by atoms with Gasteiger partial charge in [0.2, 0.25) is 29.0 Å². The van der Waals surface area contributed by atoms with E-state index >= 15 is 0 Å². The number of fused-ring (bicyclic) bond motifs is 3. The van der Waals surface area contributed by atoms with Gasteiger partial charge in [0.1, 0.15) is 0 Å². The number of hydrogen-bond donors (Lipinski definition) is 0. The molecule has 3 aromatic carbocycles. The standard InChI is InChI=1S/C28H20ClNO5/c1-14-8-7-13-20(15(14)2)30-26(33)21-22(27(30)34)28(35-23(21)18-11-5-6-12-19(18)29)24(31)16-9-3-4-10-17(16)25(28)32/h3-13,21-23H,1-2H3/t21-,22+,23-/m0/s1. The van der Waals surface area contributed by atoms with Gasteiger partial charge in [-0.25, -0.2) is 4.90 Å². The number of anilines is 1. The third-order valence-electron chi connectivity index (χ3n) is 7.55. The predicted octanol–water partition coefficient (Wildman–Crippen LogP) is 4.65. The zero-order valence-corrected chi connectivity index (χ0v) is 19.7. The summed E-state index contributed by atoms with van der Waals surface area (Å²) in [5.74, 6) is -4.68. The number of benzene rings is 3. The van der Waals surface area contributed by atoms with Crippen LogP contribution in [0.5, 0.6) is 0 Å². The molecule has 6 nitrogen and oxygen atoms in total. The smallest absolute Gasteiger partial charge is 0.241 e. The highest BCUT2D eigenvalue weighted by Crippen LogP contribution is 2.58. The summed E-state index contributed by atoms with van der Waals surface area (Å²) < 4.78 is 6.28. The largest absolute Gasteiger partial charge is 0.349 e. The second-order valence-corrected chi connectivity index (χ2v) is 9.64. The van der Waals surface area contributed by atoms with E-state index in [-0.39, 0.29) is 11.1 Å². The Hall–Kier alpha value is -3.61. The zero-order chi connectivity index (χ0) is 24.6. The van der Waals surface area contributed by atoms with Gasteiger partial charge in [0.15, 0.2) is 0 Å². The van der Waals surface area contributed by atoms with Crippen molar-refractivity contribution >= 4 is 40.7 Å². The minimum atomic E-state index is -2.11. The number of imide groups is 1. The highest BCUT2D eigenvalue weighted by atomic mass is 35.5. The molecule has 2 saturated heterocycles. The van der Waals surface area contributed by atoms with Gasteiger partial charge in [0.25, 0.3) is 0 Å². The Morgan fingerprint density at radius 1 is 0.800 bits per heavy atom. The Balaban J connectivity index is 1.58. The topological polar surface area (TPSA) is 80.8 Å². The number of ether oxygens (including phenoxy) is 1. The van der Waals surface area contributed by atoms with Gasteiger partial charge in [-0.1, -0.05) is 66.2 Å². The average molecular weight is 486 g/mol. The maximum Gasteiger partial charge on any atom is 0.241 e. The number of halogens is 1. The number of Topliss-reactive ketones (excluding diaryl/α,β-unsaturated/α-hetero) is 2. The van der Waals surface area contributed by atoms with Crippen LogP contribution in [-0.2, 0) is 14.3 Å². The van der Waals surface area contributed by atoms with Crippen LogP contribution in [0.15, 0.2) is 66.7 Å². The van der Waals surface area contributed by atoms with Gasteiger partial charge < -0.3 is 4.74 Å². The van der Waals surface area contributed by atoms with E-state index in [1.54, 1.807) is 60.7 Å². The second kappa shape index (κ2) is 7.44. The Morgan fingerprint density at radius 3 is 2.09 bits per heavy atom. The van der Waals surface area contributed by atoms with E-state index in [4.69, 9.17) is 16.3 Å². The van der Waals surface area contributed by atoms with E-state index in [0.717, 1.165) is 16.0 Å². The Bertz CT molecular complexity index is 1440. The van der Waals surface area contributed by atoms with Gasteiger partial charge in [-0.3, -0.25) is 19.2 Å². The van der Waals surface area contributed by atoms with Crippen LogP contribution < -0.4 is 4.90 Å². The van der Waals surface area contributed by atoms with Crippen molar-refractivity contribution in [1.82, 2.24) is 0 Å². The molecule has 7 heteroatoms. The van der Waals surface area contributed by atoms with Crippen molar-refractivity contribution in [2.24, 2.45) is 11.8 Å². The van der Waals surface area contributed by atoms with Crippen molar-refractivity contribution in [3.63, 3.8) is 0 Å². The molecule has 1 aliphatic carbocycles. The summed E-state index contributed by atoms with van der Waals surface area (Å²) in [6.45, 7) is 3.72. The van der Waals surface area contributed by atoms with Crippen molar-refractivity contribution in [3.05, 3.63) is 99.6 Å². The third kappa shape index (κ3) is 2.69. The molecule has 3 aromatic rings. The van der Waals surface area contributed by atoms with Crippen molar-refractivity contribution < 1.29 is 23.9 Å². The number of nitrogens with zero attached hydrogens (tertiary/aromatic N) is 1. The molecule has 174 valence electrons. The van der Waals surface area contributed by atoms with Gasteiger partial charge in [0, 0.05) is 21.7 Å². The van der Waals surface area contributed by atoms with E-state index in [2.05, 4.69) is 0 Å². The predicted molar refractivity (Wildman–Crippen MR) is 129 cm³/mol. The molecule has 0 aromatic heterocycles. The second-order valence-electron chi connectivity index (χ2n) is 9.23. The lowest BCUT2D eigenvalue weighted by Crippen LogP contribution is -2.51. The molecule has 0 bridgehead atoms. The first-order valence-corrected chi connectivity index (χ1v) is 11.7. The lowest BCUT2D eigenvalue weighted by molar-refractivity contribution is -0.127. The molecule has 1 spiro atoms. The number of carbonyl (C=O) groups is 4. The minimum Gasteiger partial charge on any atom is -0.349 e. The molecule has 35 heavy (non-hydrogen) atoms. The van der Waals surface area contributed by atoms with Crippen molar-refractivity contribution in [2.45, 2.75) is 25.6 Å². The first-order valence-electron chi connectivity index (χ1n) is 11.3. The number of ketones is 2. The lowest BCUT2D eigenvalue weighted by Gasteiger charge is -2.28. The molecule has 3 atom stereocenters. The van der Waals surface area contributed by atoms with Gasteiger partial charge in [0.05, 0.1) is 23.6 Å². The molecular weight excluding hydrogens is 466 g/mol. The summed E-state index contributed by atoms with van der Waals surface area (Å²) in [6.07, 6.45) is -1.04. The van der Waals surface area contributed by atoms with Crippen LogP contribution in [-0.4, -0.2) is 29.0 Å². The van der Waals surface area contributed by atoms with Crippen LogP contribution in [0, 0.1) is 25.7 Å². The fourth-order valence-corrected chi connectivity index (χ4v) is 5.96. The molecule has 0 radical (unpaired) electrons. The first-order chi connectivity index (χ1) is 16.8. The van der Waals surface area contributed by atoms with Gasteiger partial charge in [-0.15, -0.1) is 0 Å².